The zero-order valence-electron chi connectivity index (χ0n) is 14.6. The van der Waals surface area contributed by atoms with E-state index in [1.807, 2.05) is 18.2 Å². The van der Waals surface area contributed by atoms with Gasteiger partial charge in [-0.3, -0.25) is 0 Å². The van der Waals surface area contributed by atoms with Crippen molar-refractivity contribution in [2.75, 3.05) is 0 Å². The van der Waals surface area contributed by atoms with Gasteiger partial charge in [-0.2, -0.15) is 0 Å². The molecule has 0 aromatic heterocycles. The van der Waals surface area contributed by atoms with Crippen LogP contribution in [0.2, 0.25) is 5.02 Å². The highest BCUT2D eigenvalue weighted by Crippen LogP contribution is 2.28. The van der Waals surface area contributed by atoms with Crippen LogP contribution in [0.5, 0.6) is 0 Å². The van der Waals surface area contributed by atoms with E-state index in [0.717, 1.165) is 16.1 Å². The maximum Gasteiger partial charge on any atom is 0.0484 e. The van der Waals surface area contributed by atoms with Crippen molar-refractivity contribution in [3.8, 4) is 11.1 Å². The van der Waals surface area contributed by atoms with Gasteiger partial charge in [-0.1, -0.05) is 84.9 Å². The lowest BCUT2D eigenvalue weighted by Crippen LogP contribution is -1.88. The van der Waals surface area contributed by atoms with Crippen LogP contribution in [0, 0.1) is 13.8 Å². The summed E-state index contributed by atoms with van der Waals surface area (Å²) in [4.78, 5) is 0. The Morgan fingerprint density at radius 1 is 0.800 bits per heavy atom. The van der Waals surface area contributed by atoms with E-state index in [2.05, 4.69) is 81.1 Å². The van der Waals surface area contributed by atoms with Crippen LogP contribution in [0.1, 0.15) is 27.8 Å². The summed E-state index contributed by atoms with van der Waals surface area (Å²) in [6.45, 7) is 8.07. The number of hydrogen-bond acceptors (Lipinski definition) is 0. The van der Waals surface area contributed by atoms with E-state index in [0.29, 0.717) is 0 Å². The molecule has 0 heterocycles. The van der Waals surface area contributed by atoms with E-state index in [1.54, 1.807) is 0 Å². The van der Waals surface area contributed by atoms with Crippen LogP contribution in [-0.4, -0.2) is 0 Å². The third kappa shape index (κ3) is 3.75. The molecule has 3 rings (SSSR count). The second kappa shape index (κ2) is 7.55. The minimum atomic E-state index is 0.744. The first-order valence-electron chi connectivity index (χ1n) is 8.36. The Kier molecular flexibility index (Phi) is 5.21. The van der Waals surface area contributed by atoms with Gasteiger partial charge >= 0.3 is 0 Å². The molecule has 3 aromatic rings. The Bertz CT molecular complexity index is 934. The Hall–Kier alpha value is -2.57. The molecule has 0 amide bonds. The molecule has 0 aliphatic carbocycles. The van der Waals surface area contributed by atoms with Gasteiger partial charge in [0.05, 0.1) is 0 Å². The zero-order chi connectivity index (χ0) is 17.8. The van der Waals surface area contributed by atoms with Gasteiger partial charge in [-0.15, -0.1) is 0 Å². The Morgan fingerprint density at radius 2 is 1.52 bits per heavy atom. The molecule has 124 valence electrons. The summed E-state index contributed by atoms with van der Waals surface area (Å²) < 4.78 is 0. The molecular formula is C24H21Cl. The molecule has 0 bridgehead atoms. The van der Waals surface area contributed by atoms with E-state index >= 15 is 0 Å². The number of halogens is 1. The molecule has 1 heteroatoms. The maximum absolute atomic E-state index is 6.41. The lowest BCUT2D eigenvalue weighted by atomic mass is 9.96. The number of hydrogen-bond donors (Lipinski definition) is 0. The van der Waals surface area contributed by atoms with Crippen LogP contribution in [-0.2, 0) is 0 Å². The molecule has 0 saturated heterocycles. The van der Waals surface area contributed by atoms with E-state index in [4.69, 9.17) is 11.6 Å². The average Bonchev–Trinajstić information content (AvgIpc) is 2.63. The van der Waals surface area contributed by atoms with E-state index in [9.17, 15) is 0 Å². The van der Waals surface area contributed by atoms with E-state index in [-0.39, 0.29) is 0 Å². The molecule has 3 aromatic carbocycles. The van der Waals surface area contributed by atoms with Gasteiger partial charge in [0.15, 0.2) is 0 Å². The zero-order valence-corrected chi connectivity index (χ0v) is 15.3. The Balaban J connectivity index is 1.98. The molecule has 0 spiro atoms. The van der Waals surface area contributed by atoms with E-state index < -0.39 is 0 Å². The maximum atomic E-state index is 6.41. The molecule has 0 radical (unpaired) electrons. The molecule has 0 nitrogen and oxygen atoms in total. The number of benzene rings is 3. The minimum Gasteiger partial charge on any atom is -0.0985 e. The summed E-state index contributed by atoms with van der Waals surface area (Å²) >= 11 is 6.41. The second-order valence-corrected chi connectivity index (χ2v) is 6.56. The topological polar surface area (TPSA) is 0 Å². The minimum absolute atomic E-state index is 0.744. The predicted octanol–water partition coefficient (Wildman–Crippen LogP) is 7.44. The monoisotopic (exact) mass is 344 g/mol. The highest BCUT2D eigenvalue weighted by molar-refractivity contribution is 6.32. The van der Waals surface area contributed by atoms with Crippen molar-refractivity contribution in [2.24, 2.45) is 0 Å². The third-order valence-corrected chi connectivity index (χ3v) is 4.84. The van der Waals surface area contributed by atoms with Crippen LogP contribution < -0.4 is 0 Å². The van der Waals surface area contributed by atoms with Crippen molar-refractivity contribution >= 4 is 29.8 Å². The molecular weight excluding hydrogens is 324 g/mol. The average molecular weight is 345 g/mol. The fourth-order valence-corrected chi connectivity index (χ4v) is 3.25. The summed E-state index contributed by atoms with van der Waals surface area (Å²) in [6.07, 6.45) is 6.05. The first kappa shape index (κ1) is 17.3. The van der Waals surface area contributed by atoms with Crippen molar-refractivity contribution in [2.45, 2.75) is 13.8 Å². The van der Waals surface area contributed by atoms with Gasteiger partial charge in [-0.05, 0) is 64.9 Å². The molecule has 0 aliphatic heterocycles. The van der Waals surface area contributed by atoms with Crippen LogP contribution in [0.15, 0.2) is 67.2 Å². The molecule has 0 aliphatic rings. The molecule has 0 saturated carbocycles. The first-order chi connectivity index (χ1) is 12.1. The first-order valence-corrected chi connectivity index (χ1v) is 8.73. The van der Waals surface area contributed by atoms with Crippen LogP contribution in [0.4, 0.5) is 0 Å². The van der Waals surface area contributed by atoms with Crippen LogP contribution in [0.3, 0.4) is 0 Å². The quantitative estimate of drug-likeness (QED) is 0.431. The SMILES string of the molecule is C=Cc1cc(Cl)c(/C=C/c2cccc(-c3ccccc3)c2C)cc1C. The lowest BCUT2D eigenvalue weighted by Gasteiger charge is -2.09. The largest absolute Gasteiger partial charge is 0.0985 e. The molecule has 0 N–H and O–H groups in total. The summed E-state index contributed by atoms with van der Waals surface area (Å²) in [5.41, 5.74) is 8.22. The standard InChI is InChI=1S/C24H21Cl/c1-4-19-16-24(25)22(15-17(19)2)14-13-20-11-8-12-23(18(20)3)21-9-6-5-7-10-21/h4-16H,1H2,2-3H3/b14-13+. The highest BCUT2D eigenvalue weighted by Gasteiger charge is 2.05. The molecule has 0 atom stereocenters. The van der Waals surface area contributed by atoms with Gasteiger partial charge in [-0.25, -0.2) is 0 Å². The van der Waals surface area contributed by atoms with Crippen molar-refractivity contribution in [3.63, 3.8) is 0 Å². The van der Waals surface area contributed by atoms with Gasteiger partial charge in [0.2, 0.25) is 0 Å². The fourth-order valence-electron chi connectivity index (χ4n) is 3.01. The second-order valence-electron chi connectivity index (χ2n) is 6.15. The van der Waals surface area contributed by atoms with Crippen LogP contribution >= 0.6 is 11.6 Å². The van der Waals surface area contributed by atoms with Crippen LogP contribution in [0.25, 0.3) is 29.4 Å². The van der Waals surface area contributed by atoms with Gasteiger partial charge < -0.3 is 0 Å². The summed E-state index contributed by atoms with van der Waals surface area (Å²) in [5, 5.41) is 0.744. The Labute approximate surface area is 155 Å². The van der Waals surface area contributed by atoms with Gasteiger partial charge in [0.1, 0.15) is 0 Å². The normalized spacial score (nSPS) is 11.0. The highest BCUT2D eigenvalue weighted by atomic mass is 35.5. The van der Waals surface area contributed by atoms with Gasteiger partial charge in [0.25, 0.3) is 0 Å². The number of aryl methyl sites for hydroxylation is 1. The summed E-state index contributed by atoms with van der Waals surface area (Å²) in [5.74, 6) is 0. The van der Waals surface area contributed by atoms with Crippen molar-refractivity contribution in [3.05, 3.63) is 100 Å². The smallest absolute Gasteiger partial charge is 0.0484 e. The van der Waals surface area contributed by atoms with Crippen molar-refractivity contribution in [1.29, 1.82) is 0 Å². The Morgan fingerprint density at radius 3 is 2.24 bits per heavy atom. The molecule has 0 fully saturated rings. The van der Waals surface area contributed by atoms with E-state index in [1.165, 1.54) is 27.8 Å². The van der Waals surface area contributed by atoms with Crippen molar-refractivity contribution in [1.82, 2.24) is 0 Å². The van der Waals surface area contributed by atoms with Crippen molar-refractivity contribution < 1.29 is 0 Å². The summed E-state index contributed by atoms with van der Waals surface area (Å²) in [7, 11) is 0. The lowest BCUT2D eigenvalue weighted by molar-refractivity contribution is 1.42. The third-order valence-electron chi connectivity index (χ3n) is 4.51. The molecule has 0 unspecified atom stereocenters. The summed E-state index contributed by atoms with van der Waals surface area (Å²) in [6, 6.07) is 20.9. The molecule has 25 heavy (non-hydrogen) atoms. The predicted molar refractivity (Wildman–Crippen MR) is 112 cm³/mol. The van der Waals surface area contributed by atoms with Gasteiger partial charge in [0, 0.05) is 5.02 Å². The number of rotatable bonds is 4. The fraction of sp³-hybridized carbons (Fsp3) is 0.0833.